The molecule has 0 aliphatic carbocycles. The van der Waals surface area contributed by atoms with Gasteiger partial charge in [0.1, 0.15) is 5.56 Å². The molecule has 0 spiro atoms. The summed E-state index contributed by atoms with van der Waals surface area (Å²) in [5.74, 6) is 0.834. The van der Waals surface area contributed by atoms with Gasteiger partial charge in [-0.1, -0.05) is 31.7 Å². The Morgan fingerprint density at radius 1 is 1.38 bits per heavy atom. The van der Waals surface area contributed by atoms with Crippen LogP contribution in [0.3, 0.4) is 0 Å². The fourth-order valence-electron chi connectivity index (χ4n) is 2.68. The first kappa shape index (κ1) is 16.7. The van der Waals surface area contributed by atoms with Gasteiger partial charge in [-0.25, -0.2) is 4.98 Å². The van der Waals surface area contributed by atoms with Gasteiger partial charge in [0, 0.05) is 31.2 Å². The lowest BCUT2D eigenvalue weighted by Gasteiger charge is -2.24. The molecular weight excluding hydrogens is 324 g/mol. The second-order valence-corrected chi connectivity index (χ2v) is 7.22. The molecule has 1 aliphatic heterocycles. The van der Waals surface area contributed by atoms with Gasteiger partial charge in [0.25, 0.3) is 11.5 Å². The number of thioether (sulfide) groups is 1. The lowest BCUT2D eigenvalue weighted by atomic mass is 10.1. The number of pyridine rings is 1. The standard InChI is InChI=1S/C17H20N4O2S/c1-12(2)10-20(11-13-5-3-4-6-18-13)15(22)14-9-19-17-21(16(14)23)7-8-24-17/h3-6,9,12H,7-8,10-11H2,1-2H3. The smallest absolute Gasteiger partial charge is 0.267 e. The van der Waals surface area contributed by atoms with Crippen LogP contribution in [0, 0.1) is 5.92 Å². The molecule has 0 radical (unpaired) electrons. The van der Waals surface area contributed by atoms with Gasteiger partial charge in [0.15, 0.2) is 5.16 Å². The van der Waals surface area contributed by atoms with Crippen molar-refractivity contribution in [1.82, 2.24) is 19.4 Å². The lowest BCUT2D eigenvalue weighted by Crippen LogP contribution is -2.38. The van der Waals surface area contributed by atoms with E-state index in [1.165, 1.54) is 6.20 Å². The van der Waals surface area contributed by atoms with E-state index in [0.717, 1.165) is 11.4 Å². The Morgan fingerprint density at radius 3 is 2.92 bits per heavy atom. The molecule has 24 heavy (non-hydrogen) atoms. The Kier molecular flexibility index (Phi) is 4.99. The Morgan fingerprint density at radius 2 is 2.21 bits per heavy atom. The Balaban J connectivity index is 1.90. The van der Waals surface area contributed by atoms with Gasteiger partial charge in [-0.3, -0.25) is 19.1 Å². The van der Waals surface area contributed by atoms with Crippen LogP contribution in [0.25, 0.3) is 0 Å². The van der Waals surface area contributed by atoms with Crippen LogP contribution in [-0.4, -0.2) is 37.6 Å². The summed E-state index contributed by atoms with van der Waals surface area (Å²) in [5.41, 5.74) is 0.693. The molecule has 6 nitrogen and oxygen atoms in total. The highest BCUT2D eigenvalue weighted by Gasteiger charge is 2.24. The summed E-state index contributed by atoms with van der Waals surface area (Å²) in [4.78, 5) is 35.8. The van der Waals surface area contributed by atoms with E-state index in [1.807, 2.05) is 32.0 Å². The Bertz CT molecular complexity index is 789. The first-order valence-electron chi connectivity index (χ1n) is 7.98. The molecule has 0 unspecified atom stereocenters. The summed E-state index contributed by atoms with van der Waals surface area (Å²) < 4.78 is 1.59. The quantitative estimate of drug-likeness (QED) is 0.777. The maximum absolute atomic E-state index is 12.9. The molecule has 3 rings (SSSR count). The predicted octanol–water partition coefficient (Wildman–Crippen LogP) is 2.04. The van der Waals surface area contributed by atoms with Crippen molar-refractivity contribution in [2.45, 2.75) is 32.1 Å². The van der Waals surface area contributed by atoms with E-state index in [1.54, 1.807) is 27.4 Å². The molecule has 1 amide bonds. The third-order valence-corrected chi connectivity index (χ3v) is 4.71. The van der Waals surface area contributed by atoms with E-state index in [4.69, 9.17) is 0 Å². The number of hydrogen-bond acceptors (Lipinski definition) is 5. The molecular formula is C17H20N4O2S. The number of nitrogens with zero attached hydrogens (tertiary/aromatic N) is 4. The minimum Gasteiger partial charge on any atom is -0.332 e. The second kappa shape index (κ2) is 7.17. The molecule has 0 atom stereocenters. The molecule has 3 heterocycles. The fraction of sp³-hybridized carbons (Fsp3) is 0.412. The van der Waals surface area contributed by atoms with Crippen LogP contribution in [0.2, 0.25) is 0 Å². The van der Waals surface area contributed by atoms with Gasteiger partial charge in [0.2, 0.25) is 0 Å². The maximum Gasteiger partial charge on any atom is 0.267 e. The van der Waals surface area contributed by atoms with E-state index in [0.29, 0.717) is 30.7 Å². The van der Waals surface area contributed by atoms with Crippen molar-refractivity contribution in [1.29, 1.82) is 0 Å². The summed E-state index contributed by atoms with van der Waals surface area (Å²) >= 11 is 1.54. The van der Waals surface area contributed by atoms with Crippen LogP contribution in [0.1, 0.15) is 29.9 Å². The molecule has 2 aromatic rings. The fourth-order valence-corrected chi connectivity index (χ4v) is 3.60. The van der Waals surface area contributed by atoms with Crippen molar-refractivity contribution in [2.24, 2.45) is 5.92 Å². The molecule has 0 saturated heterocycles. The van der Waals surface area contributed by atoms with Crippen molar-refractivity contribution in [3.63, 3.8) is 0 Å². The van der Waals surface area contributed by atoms with Gasteiger partial charge in [-0.05, 0) is 18.1 Å². The number of carbonyl (C=O) groups is 1. The van der Waals surface area contributed by atoms with Gasteiger partial charge >= 0.3 is 0 Å². The third kappa shape index (κ3) is 3.51. The summed E-state index contributed by atoms with van der Waals surface area (Å²) in [6.45, 7) is 5.64. The van der Waals surface area contributed by atoms with Crippen LogP contribution < -0.4 is 5.56 Å². The largest absolute Gasteiger partial charge is 0.332 e. The monoisotopic (exact) mass is 344 g/mol. The van der Waals surface area contributed by atoms with Crippen molar-refractivity contribution in [3.05, 3.63) is 52.2 Å². The van der Waals surface area contributed by atoms with E-state index < -0.39 is 0 Å². The maximum atomic E-state index is 12.9. The van der Waals surface area contributed by atoms with Crippen LogP contribution in [0.5, 0.6) is 0 Å². The zero-order valence-corrected chi connectivity index (χ0v) is 14.6. The summed E-state index contributed by atoms with van der Waals surface area (Å²) in [7, 11) is 0. The third-order valence-electron chi connectivity index (χ3n) is 3.74. The highest BCUT2D eigenvalue weighted by molar-refractivity contribution is 7.99. The minimum atomic E-state index is -0.279. The van der Waals surface area contributed by atoms with Crippen LogP contribution in [-0.2, 0) is 13.1 Å². The molecule has 0 bridgehead atoms. The van der Waals surface area contributed by atoms with E-state index in [-0.39, 0.29) is 17.0 Å². The second-order valence-electron chi connectivity index (χ2n) is 6.16. The zero-order chi connectivity index (χ0) is 17.1. The highest BCUT2D eigenvalue weighted by atomic mass is 32.2. The number of amides is 1. The van der Waals surface area contributed by atoms with Gasteiger partial charge in [-0.2, -0.15) is 0 Å². The summed E-state index contributed by atoms with van der Waals surface area (Å²) in [6.07, 6.45) is 3.12. The van der Waals surface area contributed by atoms with Crippen molar-refractivity contribution >= 4 is 17.7 Å². The average molecular weight is 344 g/mol. The number of carbonyl (C=O) groups excluding carboxylic acids is 1. The number of aromatic nitrogens is 3. The zero-order valence-electron chi connectivity index (χ0n) is 13.8. The minimum absolute atomic E-state index is 0.137. The lowest BCUT2D eigenvalue weighted by molar-refractivity contribution is 0.0717. The summed E-state index contributed by atoms with van der Waals surface area (Å²) in [5, 5.41) is 0.691. The van der Waals surface area contributed by atoms with E-state index in [2.05, 4.69) is 9.97 Å². The number of hydrogen-bond donors (Lipinski definition) is 0. The molecule has 0 saturated carbocycles. The van der Waals surface area contributed by atoms with Crippen LogP contribution in [0.15, 0.2) is 40.5 Å². The van der Waals surface area contributed by atoms with Crippen molar-refractivity contribution in [2.75, 3.05) is 12.3 Å². The van der Waals surface area contributed by atoms with Crippen LogP contribution >= 0.6 is 11.8 Å². The molecule has 126 valence electrons. The predicted molar refractivity (Wildman–Crippen MR) is 93.0 cm³/mol. The number of fused-ring (bicyclic) bond motifs is 1. The van der Waals surface area contributed by atoms with Crippen molar-refractivity contribution in [3.8, 4) is 0 Å². The SMILES string of the molecule is CC(C)CN(Cc1ccccn1)C(=O)c1cnc2n(c1=O)CCS2. The molecule has 7 heteroatoms. The van der Waals surface area contributed by atoms with Crippen LogP contribution in [0.4, 0.5) is 0 Å². The Hall–Kier alpha value is -2.15. The average Bonchev–Trinajstić information content (AvgIpc) is 3.04. The van der Waals surface area contributed by atoms with Crippen molar-refractivity contribution < 1.29 is 4.79 Å². The van der Waals surface area contributed by atoms with Gasteiger partial charge < -0.3 is 4.90 Å². The van der Waals surface area contributed by atoms with E-state index in [9.17, 15) is 9.59 Å². The molecule has 1 aliphatic rings. The highest BCUT2D eigenvalue weighted by Crippen LogP contribution is 2.21. The molecule has 0 aromatic carbocycles. The molecule has 0 fully saturated rings. The topological polar surface area (TPSA) is 68.1 Å². The Labute approximate surface area is 144 Å². The van der Waals surface area contributed by atoms with Gasteiger partial charge in [0.05, 0.1) is 12.2 Å². The first-order chi connectivity index (χ1) is 11.6. The van der Waals surface area contributed by atoms with E-state index >= 15 is 0 Å². The number of rotatable bonds is 5. The normalized spacial score (nSPS) is 13.1. The summed E-state index contributed by atoms with van der Waals surface area (Å²) in [6, 6.07) is 5.61. The molecule has 0 N–H and O–H groups in total. The first-order valence-corrected chi connectivity index (χ1v) is 8.96. The van der Waals surface area contributed by atoms with Gasteiger partial charge in [-0.15, -0.1) is 0 Å². The molecule has 2 aromatic heterocycles.